The van der Waals surface area contributed by atoms with E-state index >= 15 is 0 Å². The molecule has 0 fully saturated rings. The second-order valence-corrected chi connectivity index (χ2v) is 5.76. The molecule has 2 aromatic heterocycles. The maximum atomic E-state index is 5.21. The molecule has 0 aliphatic heterocycles. The maximum absolute atomic E-state index is 5.21. The van der Waals surface area contributed by atoms with Gasteiger partial charge in [0, 0.05) is 5.75 Å². The highest BCUT2D eigenvalue weighted by Crippen LogP contribution is 2.24. The Kier molecular flexibility index (Phi) is 3.88. The molecule has 0 atom stereocenters. The predicted octanol–water partition coefficient (Wildman–Crippen LogP) is 3.19. The average Bonchev–Trinajstić information content (AvgIpc) is 2.88. The zero-order valence-electron chi connectivity index (χ0n) is 10.7. The Bertz CT molecular complexity index is 732. The van der Waals surface area contributed by atoms with Crippen molar-refractivity contribution in [2.24, 2.45) is 0 Å². The summed E-state index contributed by atoms with van der Waals surface area (Å²) in [5.74, 6) is 1.28. The van der Waals surface area contributed by atoms with Crippen molar-refractivity contribution in [3.8, 4) is 5.88 Å². The quantitative estimate of drug-likeness (QED) is 0.676. The summed E-state index contributed by atoms with van der Waals surface area (Å²) in [6.07, 6.45) is 1.76. The third kappa shape index (κ3) is 2.78. The lowest BCUT2D eigenvalue weighted by Crippen LogP contribution is -1.95. The number of benzene rings is 1. The first-order valence-electron chi connectivity index (χ1n) is 5.90. The number of hydrogen-bond donors (Lipinski definition) is 0. The monoisotopic (exact) mass is 350 g/mol. The smallest absolute Gasteiger partial charge is 0.260 e. The molecule has 1 aromatic carbocycles. The van der Waals surface area contributed by atoms with Crippen LogP contribution < -0.4 is 4.74 Å². The summed E-state index contributed by atoms with van der Waals surface area (Å²) in [6, 6.07) is 10.2. The minimum Gasteiger partial charge on any atom is -0.478 e. The van der Waals surface area contributed by atoms with E-state index in [1.807, 2.05) is 18.2 Å². The standard InChI is InChI=1S/C13H11BrN4OS/c1-19-12-11-16-13(17-18(11)7-10(14)15-12)20-8-9-5-3-2-4-6-9/h2-7H,8H2,1H3. The Hall–Kier alpha value is -1.60. The van der Waals surface area contributed by atoms with Gasteiger partial charge < -0.3 is 4.74 Å². The second kappa shape index (κ2) is 5.80. The number of halogens is 1. The van der Waals surface area contributed by atoms with Crippen LogP contribution in [0.2, 0.25) is 0 Å². The summed E-state index contributed by atoms with van der Waals surface area (Å²) < 4.78 is 7.54. The zero-order valence-corrected chi connectivity index (χ0v) is 13.1. The van der Waals surface area contributed by atoms with Crippen LogP contribution in [0.25, 0.3) is 5.65 Å². The topological polar surface area (TPSA) is 52.3 Å². The number of nitrogens with zero attached hydrogens (tertiary/aromatic N) is 4. The highest BCUT2D eigenvalue weighted by Gasteiger charge is 2.11. The molecule has 5 nitrogen and oxygen atoms in total. The van der Waals surface area contributed by atoms with Crippen molar-refractivity contribution in [3.63, 3.8) is 0 Å². The fourth-order valence-corrected chi connectivity index (χ4v) is 2.88. The van der Waals surface area contributed by atoms with Crippen LogP contribution in [0.5, 0.6) is 5.88 Å². The fourth-order valence-electron chi connectivity index (χ4n) is 1.74. The number of fused-ring (bicyclic) bond motifs is 1. The van der Waals surface area contributed by atoms with Gasteiger partial charge in [0.05, 0.1) is 13.3 Å². The van der Waals surface area contributed by atoms with Crippen molar-refractivity contribution in [3.05, 3.63) is 46.7 Å². The van der Waals surface area contributed by atoms with Crippen LogP contribution in [0.4, 0.5) is 0 Å². The highest BCUT2D eigenvalue weighted by molar-refractivity contribution is 9.10. The molecule has 102 valence electrons. The van der Waals surface area contributed by atoms with Crippen molar-refractivity contribution in [2.45, 2.75) is 10.9 Å². The summed E-state index contributed by atoms with van der Waals surface area (Å²) in [7, 11) is 1.57. The summed E-state index contributed by atoms with van der Waals surface area (Å²) in [4.78, 5) is 8.66. The van der Waals surface area contributed by atoms with Gasteiger partial charge in [0.15, 0.2) is 0 Å². The number of rotatable bonds is 4. The summed E-state index contributed by atoms with van der Waals surface area (Å²) in [5.41, 5.74) is 1.86. The van der Waals surface area contributed by atoms with Crippen LogP contribution in [-0.4, -0.2) is 26.7 Å². The first kappa shape index (κ1) is 13.4. The predicted molar refractivity (Wildman–Crippen MR) is 81.0 cm³/mol. The van der Waals surface area contributed by atoms with E-state index in [2.05, 4.69) is 43.1 Å². The number of thioether (sulfide) groups is 1. The van der Waals surface area contributed by atoms with Crippen LogP contribution in [-0.2, 0) is 5.75 Å². The van der Waals surface area contributed by atoms with Gasteiger partial charge in [0.2, 0.25) is 10.8 Å². The molecule has 0 aliphatic rings. The lowest BCUT2D eigenvalue weighted by molar-refractivity contribution is 0.398. The lowest BCUT2D eigenvalue weighted by atomic mass is 10.2. The van der Waals surface area contributed by atoms with Crippen molar-refractivity contribution in [1.82, 2.24) is 19.6 Å². The van der Waals surface area contributed by atoms with Crippen LogP contribution in [0, 0.1) is 0 Å². The Morgan fingerprint density at radius 2 is 2.05 bits per heavy atom. The van der Waals surface area contributed by atoms with Gasteiger partial charge in [-0.3, -0.25) is 0 Å². The lowest BCUT2D eigenvalue weighted by Gasteiger charge is -1.99. The molecular formula is C13H11BrN4OS. The van der Waals surface area contributed by atoms with Crippen molar-refractivity contribution < 1.29 is 4.74 Å². The summed E-state index contributed by atoms with van der Waals surface area (Å²) >= 11 is 4.91. The van der Waals surface area contributed by atoms with E-state index in [1.54, 1.807) is 29.6 Å². The fraction of sp³-hybridized carbons (Fsp3) is 0.154. The largest absolute Gasteiger partial charge is 0.478 e. The normalized spacial score (nSPS) is 10.9. The first-order valence-corrected chi connectivity index (χ1v) is 7.68. The molecule has 0 unspecified atom stereocenters. The molecule has 0 bridgehead atoms. The molecule has 20 heavy (non-hydrogen) atoms. The van der Waals surface area contributed by atoms with E-state index in [1.165, 1.54) is 5.56 Å². The molecule has 0 spiro atoms. The zero-order chi connectivity index (χ0) is 13.9. The molecule has 0 saturated heterocycles. The number of methoxy groups -OCH3 is 1. The third-order valence-electron chi connectivity index (χ3n) is 2.64. The SMILES string of the molecule is COc1nc(Br)cn2nc(SCc3ccccc3)nc12. The molecule has 3 aromatic rings. The van der Waals surface area contributed by atoms with Gasteiger partial charge in [-0.2, -0.15) is 4.98 Å². The van der Waals surface area contributed by atoms with Crippen molar-refractivity contribution in [1.29, 1.82) is 0 Å². The Labute approximate surface area is 128 Å². The van der Waals surface area contributed by atoms with Gasteiger partial charge in [-0.05, 0) is 21.5 Å². The first-order chi connectivity index (χ1) is 9.76. The molecular weight excluding hydrogens is 340 g/mol. The van der Waals surface area contributed by atoms with Gasteiger partial charge in [0.1, 0.15) is 4.60 Å². The van der Waals surface area contributed by atoms with E-state index < -0.39 is 0 Å². The van der Waals surface area contributed by atoms with Gasteiger partial charge in [-0.1, -0.05) is 42.1 Å². The molecule has 0 saturated carbocycles. The minimum absolute atomic E-state index is 0.457. The second-order valence-electron chi connectivity index (χ2n) is 4.01. The van der Waals surface area contributed by atoms with Crippen molar-refractivity contribution >= 4 is 33.3 Å². The molecule has 2 heterocycles. The number of aromatic nitrogens is 4. The molecule has 0 aliphatic carbocycles. The Balaban J connectivity index is 1.86. The average molecular weight is 351 g/mol. The number of ether oxygens (including phenoxy) is 1. The molecule has 3 rings (SSSR count). The van der Waals surface area contributed by atoms with Crippen LogP contribution in [0.15, 0.2) is 46.3 Å². The van der Waals surface area contributed by atoms with Crippen LogP contribution >= 0.6 is 27.7 Å². The molecule has 0 amide bonds. The van der Waals surface area contributed by atoms with Gasteiger partial charge >= 0.3 is 0 Å². The Morgan fingerprint density at radius 1 is 1.25 bits per heavy atom. The summed E-state index contributed by atoms with van der Waals surface area (Å²) in [5, 5.41) is 5.12. The molecule has 0 radical (unpaired) electrons. The van der Waals surface area contributed by atoms with E-state index in [0.717, 1.165) is 5.75 Å². The van der Waals surface area contributed by atoms with Crippen LogP contribution in [0.3, 0.4) is 0 Å². The van der Waals surface area contributed by atoms with Crippen molar-refractivity contribution in [2.75, 3.05) is 7.11 Å². The minimum atomic E-state index is 0.457. The van der Waals surface area contributed by atoms with Gasteiger partial charge in [0.25, 0.3) is 5.88 Å². The van der Waals surface area contributed by atoms with E-state index in [0.29, 0.717) is 21.3 Å². The molecule has 7 heteroatoms. The Morgan fingerprint density at radius 3 is 2.80 bits per heavy atom. The van der Waals surface area contributed by atoms with E-state index in [9.17, 15) is 0 Å². The summed E-state index contributed by atoms with van der Waals surface area (Å²) in [6.45, 7) is 0. The highest BCUT2D eigenvalue weighted by atomic mass is 79.9. The molecule has 0 N–H and O–H groups in total. The van der Waals surface area contributed by atoms with E-state index in [4.69, 9.17) is 4.74 Å². The maximum Gasteiger partial charge on any atom is 0.260 e. The number of hydrogen-bond acceptors (Lipinski definition) is 5. The van der Waals surface area contributed by atoms with E-state index in [-0.39, 0.29) is 0 Å². The third-order valence-corrected chi connectivity index (χ3v) is 3.94. The van der Waals surface area contributed by atoms with Gasteiger partial charge in [-0.15, -0.1) is 5.10 Å². The van der Waals surface area contributed by atoms with Crippen LogP contribution in [0.1, 0.15) is 5.56 Å². The van der Waals surface area contributed by atoms with Gasteiger partial charge in [-0.25, -0.2) is 9.50 Å².